The molecule has 1 heterocycles. The molecule has 3 aromatic rings. The van der Waals surface area contributed by atoms with E-state index in [4.69, 9.17) is 9.15 Å². The standard InChI is InChI=1S/C22H22N2O4/c1-15-8-9-18(12-16(15)2)24-20(25)14-27-22(26)11-10-21-23-13-19(28-21)17-6-4-3-5-7-17/h3-9,12-13H,10-11,14H2,1-2H3,(H,24,25). The van der Waals surface area contributed by atoms with E-state index in [1.165, 1.54) is 0 Å². The molecule has 0 radical (unpaired) electrons. The third kappa shape index (κ3) is 5.30. The average Bonchev–Trinajstić information content (AvgIpc) is 3.17. The van der Waals surface area contributed by atoms with Gasteiger partial charge in [0.2, 0.25) is 0 Å². The molecule has 1 aromatic heterocycles. The lowest BCUT2D eigenvalue weighted by Gasteiger charge is -2.08. The molecule has 0 saturated heterocycles. The molecular formula is C22H22N2O4. The molecular weight excluding hydrogens is 356 g/mol. The molecule has 0 bridgehead atoms. The fraction of sp³-hybridized carbons (Fsp3) is 0.227. The Morgan fingerprint density at radius 1 is 1.07 bits per heavy atom. The number of carbonyl (C=O) groups is 2. The van der Waals surface area contributed by atoms with Gasteiger partial charge in [0.25, 0.3) is 5.91 Å². The number of nitrogens with zero attached hydrogens (tertiary/aromatic N) is 1. The molecule has 0 aliphatic carbocycles. The van der Waals surface area contributed by atoms with Gasteiger partial charge in [-0.1, -0.05) is 36.4 Å². The molecule has 3 rings (SSSR count). The quantitative estimate of drug-likeness (QED) is 0.627. The van der Waals surface area contributed by atoms with Crippen molar-refractivity contribution in [1.29, 1.82) is 0 Å². The molecule has 28 heavy (non-hydrogen) atoms. The zero-order valence-electron chi connectivity index (χ0n) is 15.9. The van der Waals surface area contributed by atoms with E-state index in [0.29, 0.717) is 23.8 Å². The van der Waals surface area contributed by atoms with Crippen LogP contribution in [0.3, 0.4) is 0 Å². The molecule has 2 aromatic carbocycles. The second kappa shape index (κ2) is 8.99. The fourth-order valence-corrected chi connectivity index (χ4v) is 2.61. The summed E-state index contributed by atoms with van der Waals surface area (Å²) in [5.74, 6) is 0.251. The van der Waals surface area contributed by atoms with E-state index in [9.17, 15) is 9.59 Å². The van der Waals surface area contributed by atoms with Gasteiger partial charge in [0.05, 0.1) is 12.6 Å². The van der Waals surface area contributed by atoms with E-state index in [0.717, 1.165) is 16.7 Å². The lowest BCUT2D eigenvalue weighted by atomic mass is 10.1. The minimum absolute atomic E-state index is 0.0890. The third-order valence-electron chi connectivity index (χ3n) is 4.31. The van der Waals surface area contributed by atoms with Crippen LogP contribution in [0.1, 0.15) is 23.4 Å². The number of aryl methyl sites for hydroxylation is 3. The van der Waals surface area contributed by atoms with E-state index in [1.54, 1.807) is 6.20 Å². The summed E-state index contributed by atoms with van der Waals surface area (Å²) in [6.45, 7) is 3.64. The first-order valence-corrected chi connectivity index (χ1v) is 9.04. The number of benzene rings is 2. The first-order valence-electron chi connectivity index (χ1n) is 9.04. The van der Waals surface area contributed by atoms with Gasteiger partial charge in [-0.05, 0) is 37.1 Å². The highest BCUT2D eigenvalue weighted by Gasteiger charge is 2.12. The molecule has 0 unspecified atom stereocenters. The zero-order valence-corrected chi connectivity index (χ0v) is 15.9. The summed E-state index contributed by atoms with van der Waals surface area (Å²) in [5, 5.41) is 2.71. The van der Waals surface area contributed by atoms with E-state index in [-0.39, 0.29) is 18.9 Å². The Kier molecular flexibility index (Phi) is 6.22. The van der Waals surface area contributed by atoms with Crippen LogP contribution in [0.4, 0.5) is 5.69 Å². The second-order valence-electron chi connectivity index (χ2n) is 6.49. The average molecular weight is 378 g/mol. The summed E-state index contributed by atoms with van der Waals surface area (Å²) in [6.07, 6.45) is 2.03. The third-order valence-corrected chi connectivity index (χ3v) is 4.31. The van der Waals surface area contributed by atoms with Crippen LogP contribution in [0.15, 0.2) is 59.1 Å². The Bertz CT molecular complexity index is 964. The number of hydrogen-bond acceptors (Lipinski definition) is 5. The van der Waals surface area contributed by atoms with Crippen molar-refractivity contribution in [2.75, 3.05) is 11.9 Å². The monoisotopic (exact) mass is 378 g/mol. The van der Waals surface area contributed by atoms with Crippen LogP contribution in [0.2, 0.25) is 0 Å². The number of oxazole rings is 1. The SMILES string of the molecule is Cc1ccc(NC(=O)COC(=O)CCc2ncc(-c3ccccc3)o2)cc1C. The fourth-order valence-electron chi connectivity index (χ4n) is 2.61. The number of amides is 1. The Morgan fingerprint density at radius 3 is 2.61 bits per heavy atom. The normalized spacial score (nSPS) is 10.5. The van der Waals surface area contributed by atoms with Crippen molar-refractivity contribution in [2.24, 2.45) is 0 Å². The van der Waals surface area contributed by atoms with Crippen molar-refractivity contribution in [1.82, 2.24) is 4.98 Å². The van der Waals surface area contributed by atoms with Crippen LogP contribution in [0, 0.1) is 13.8 Å². The number of aromatic nitrogens is 1. The van der Waals surface area contributed by atoms with Crippen molar-refractivity contribution in [2.45, 2.75) is 26.7 Å². The van der Waals surface area contributed by atoms with Crippen molar-refractivity contribution in [3.63, 3.8) is 0 Å². The first-order chi connectivity index (χ1) is 13.5. The maximum Gasteiger partial charge on any atom is 0.306 e. The highest BCUT2D eigenvalue weighted by Crippen LogP contribution is 2.20. The summed E-state index contributed by atoms with van der Waals surface area (Å²) >= 11 is 0. The molecule has 6 heteroatoms. The van der Waals surface area contributed by atoms with Gasteiger partial charge in [-0.25, -0.2) is 4.98 Å². The number of rotatable bonds is 7. The largest absolute Gasteiger partial charge is 0.456 e. The highest BCUT2D eigenvalue weighted by atomic mass is 16.5. The van der Waals surface area contributed by atoms with Gasteiger partial charge in [-0.2, -0.15) is 0 Å². The predicted octanol–water partition coefficient (Wildman–Crippen LogP) is 4.07. The number of ether oxygens (including phenoxy) is 1. The zero-order chi connectivity index (χ0) is 19.9. The van der Waals surface area contributed by atoms with Crippen LogP contribution in [-0.4, -0.2) is 23.5 Å². The van der Waals surface area contributed by atoms with Gasteiger partial charge < -0.3 is 14.5 Å². The van der Waals surface area contributed by atoms with Crippen LogP contribution in [0.25, 0.3) is 11.3 Å². The molecule has 6 nitrogen and oxygen atoms in total. The Labute approximate surface area is 163 Å². The van der Waals surface area contributed by atoms with Gasteiger partial charge in [-0.3, -0.25) is 9.59 Å². The number of esters is 1. The van der Waals surface area contributed by atoms with E-state index < -0.39 is 5.97 Å². The van der Waals surface area contributed by atoms with E-state index >= 15 is 0 Å². The lowest BCUT2D eigenvalue weighted by Crippen LogP contribution is -2.21. The number of anilines is 1. The maximum atomic E-state index is 11.9. The Hall–Kier alpha value is -3.41. The van der Waals surface area contributed by atoms with E-state index in [2.05, 4.69) is 10.3 Å². The second-order valence-corrected chi connectivity index (χ2v) is 6.49. The summed E-state index contributed by atoms with van der Waals surface area (Å²) in [4.78, 5) is 28.0. The molecule has 0 spiro atoms. The number of carbonyl (C=O) groups excluding carboxylic acids is 2. The molecule has 1 amide bonds. The van der Waals surface area contributed by atoms with Gasteiger partial charge >= 0.3 is 5.97 Å². The van der Waals surface area contributed by atoms with Crippen LogP contribution >= 0.6 is 0 Å². The van der Waals surface area contributed by atoms with Crippen molar-refractivity contribution >= 4 is 17.6 Å². The minimum Gasteiger partial charge on any atom is -0.456 e. The highest BCUT2D eigenvalue weighted by molar-refractivity contribution is 5.92. The molecule has 0 atom stereocenters. The topological polar surface area (TPSA) is 81.4 Å². The lowest BCUT2D eigenvalue weighted by molar-refractivity contribution is -0.147. The summed E-state index contributed by atoms with van der Waals surface area (Å²) in [5.41, 5.74) is 3.83. The van der Waals surface area contributed by atoms with Crippen LogP contribution in [-0.2, 0) is 20.7 Å². The van der Waals surface area contributed by atoms with Gasteiger partial charge in [-0.15, -0.1) is 0 Å². The molecule has 0 aliphatic heterocycles. The van der Waals surface area contributed by atoms with Crippen molar-refractivity contribution in [3.05, 3.63) is 71.7 Å². The van der Waals surface area contributed by atoms with Gasteiger partial charge in [0.15, 0.2) is 18.3 Å². The van der Waals surface area contributed by atoms with Gasteiger partial charge in [0.1, 0.15) is 0 Å². The smallest absolute Gasteiger partial charge is 0.306 e. The predicted molar refractivity (Wildman–Crippen MR) is 106 cm³/mol. The van der Waals surface area contributed by atoms with Gasteiger partial charge in [0, 0.05) is 17.7 Å². The van der Waals surface area contributed by atoms with E-state index in [1.807, 2.05) is 62.4 Å². The van der Waals surface area contributed by atoms with Crippen LogP contribution in [0.5, 0.6) is 0 Å². The summed E-state index contributed by atoms with van der Waals surface area (Å²) < 4.78 is 10.7. The van der Waals surface area contributed by atoms with Crippen molar-refractivity contribution in [3.8, 4) is 11.3 Å². The van der Waals surface area contributed by atoms with Crippen LogP contribution < -0.4 is 5.32 Å². The Balaban J connectivity index is 1.42. The molecule has 144 valence electrons. The minimum atomic E-state index is -0.477. The Morgan fingerprint density at radius 2 is 1.86 bits per heavy atom. The summed E-state index contributed by atoms with van der Waals surface area (Å²) in [7, 11) is 0. The summed E-state index contributed by atoms with van der Waals surface area (Å²) in [6, 6.07) is 15.2. The number of hydrogen-bond donors (Lipinski definition) is 1. The molecule has 0 fully saturated rings. The molecule has 0 aliphatic rings. The molecule has 0 saturated carbocycles. The maximum absolute atomic E-state index is 11.9. The first kappa shape index (κ1) is 19.4. The number of nitrogens with one attached hydrogen (secondary N) is 1. The van der Waals surface area contributed by atoms with Crippen molar-refractivity contribution < 1.29 is 18.7 Å². The molecule has 1 N–H and O–H groups in total.